The smallest absolute Gasteiger partial charge is 0.129 e. The summed E-state index contributed by atoms with van der Waals surface area (Å²) in [6.07, 6.45) is 1.66. The standard InChI is InChI=1S/C14H17FN2O/c1-10-11(6-7-18-10)8-17(2)9-12-13(15)4-3-5-14(12)16/h3-7H,8-9,16H2,1-2H3. The number of nitrogen functional groups attached to an aromatic ring is 1. The van der Waals surface area contributed by atoms with Crippen LogP contribution in [0.25, 0.3) is 0 Å². The molecule has 0 bridgehead atoms. The van der Waals surface area contributed by atoms with Gasteiger partial charge in [-0.1, -0.05) is 6.07 Å². The molecule has 1 aromatic carbocycles. The number of anilines is 1. The van der Waals surface area contributed by atoms with Gasteiger partial charge < -0.3 is 10.2 Å². The van der Waals surface area contributed by atoms with Gasteiger partial charge in [-0.25, -0.2) is 4.39 Å². The molecule has 0 saturated heterocycles. The van der Waals surface area contributed by atoms with Crippen molar-refractivity contribution in [3.05, 3.63) is 53.2 Å². The number of nitrogens with two attached hydrogens (primary N) is 1. The molecule has 0 aliphatic heterocycles. The van der Waals surface area contributed by atoms with Crippen molar-refractivity contribution >= 4 is 5.69 Å². The van der Waals surface area contributed by atoms with Crippen LogP contribution in [-0.2, 0) is 13.1 Å². The van der Waals surface area contributed by atoms with Gasteiger partial charge in [0.2, 0.25) is 0 Å². The summed E-state index contributed by atoms with van der Waals surface area (Å²) in [4.78, 5) is 2.01. The monoisotopic (exact) mass is 248 g/mol. The predicted molar refractivity (Wildman–Crippen MR) is 69.4 cm³/mol. The summed E-state index contributed by atoms with van der Waals surface area (Å²) in [6.45, 7) is 3.10. The number of aryl methyl sites for hydroxylation is 1. The van der Waals surface area contributed by atoms with Crippen LogP contribution in [0.5, 0.6) is 0 Å². The molecule has 0 amide bonds. The van der Waals surface area contributed by atoms with Crippen molar-refractivity contribution in [3.63, 3.8) is 0 Å². The summed E-state index contributed by atoms with van der Waals surface area (Å²) in [5.41, 5.74) is 7.93. The minimum absolute atomic E-state index is 0.259. The van der Waals surface area contributed by atoms with E-state index in [-0.39, 0.29) is 5.82 Å². The Morgan fingerprint density at radius 1 is 1.28 bits per heavy atom. The summed E-state index contributed by atoms with van der Waals surface area (Å²) in [5, 5.41) is 0. The molecule has 0 aliphatic carbocycles. The zero-order valence-corrected chi connectivity index (χ0v) is 10.6. The molecular weight excluding hydrogens is 231 g/mol. The lowest BCUT2D eigenvalue weighted by atomic mass is 10.1. The molecule has 0 spiro atoms. The number of hydrogen-bond donors (Lipinski definition) is 1. The summed E-state index contributed by atoms with van der Waals surface area (Å²) < 4.78 is 18.9. The molecule has 2 N–H and O–H groups in total. The highest BCUT2D eigenvalue weighted by Gasteiger charge is 2.11. The first-order valence-corrected chi connectivity index (χ1v) is 5.82. The molecule has 96 valence electrons. The number of furan rings is 1. The van der Waals surface area contributed by atoms with Crippen LogP contribution in [0, 0.1) is 12.7 Å². The minimum Gasteiger partial charge on any atom is -0.469 e. The highest BCUT2D eigenvalue weighted by molar-refractivity contribution is 5.47. The number of rotatable bonds is 4. The topological polar surface area (TPSA) is 42.4 Å². The van der Waals surface area contributed by atoms with Crippen LogP contribution in [0.4, 0.5) is 10.1 Å². The summed E-state index contributed by atoms with van der Waals surface area (Å²) in [5.74, 6) is 0.633. The maximum absolute atomic E-state index is 13.6. The van der Waals surface area contributed by atoms with Crippen molar-refractivity contribution in [2.75, 3.05) is 12.8 Å². The largest absolute Gasteiger partial charge is 0.469 e. The van der Waals surface area contributed by atoms with Gasteiger partial charge in [0.1, 0.15) is 11.6 Å². The number of halogens is 1. The molecule has 2 aromatic rings. The van der Waals surface area contributed by atoms with Gasteiger partial charge in [0.15, 0.2) is 0 Å². The molecule has 4 heteroatoms. The van der Waals surface area contributed by atoms with E-state index in [1.54, 1.807) is 18.4 Å². The van der Waals surface area contributed by atoms with Crippen molar-refractivity contribution in [2.45, 2.75) is 20.0 Å². The van der Waals surface area contributed by atoms with Gasteiger partial charge in [0, 0.05) is 29.9 Å². The van der Waals surface area contributed by atoms with E-state index in [0.29, 0.717) is 24.3 Å². The van der Waals surface area contributed by atoms with Gasteiger partial charge in [-0.05, 0) is 32.2 Å². The fourth-order valence-corrected chi connectivity index (χ4v) is 1.93. The van der Waals surface area contributed by atoms with E-state index >= 15 is 0 Å². The zero-order chi connectivity index (χ0) is 13.1. The minimum atomic E-state index is -0.259. The zero-order valence-electron chi connectivity index (χ0n) is 10.6. The second kappa shape index (κ2) is 5.23. The number of hydrogen-bond acceptors (Lipinski definition) is 3. The summed E-state index contributed by atoms with van der Waals surface area (Å²) in [7, 11) is 1.93. The quantitative estimate of drug-likeness (QED) is 0.846. The molecule has 0 saturated carbocycles. The van der Waals surface area contributed by atoms with Crippen LogP contribution in [0.3, 0.4) is 0 Å². The van der Waals surface area contributed by atoms with Crippen LogP contribution >= 0.6 is 0 Å². The Kier molecular flexibility index (Phi) is 3.67. The maximum Gasteiger partial charge on any atom is 0.129 e. The fraction of sp³-hybridized carbons (Fsp3) is 0.286. The Labute approximate surface area is 106 Å². The van der Waals surface area contributed by atoms with Gasteiger partial charge in [-0.15, -0.1) is 0 Å². The average molecular weight is 248 g/mol. The second-order valence-electron chi connectivity index (χ2n) is 4.48. The van der Waals surface area contributed by atoms with Crippen molar-refractivity contribution in [1.29, 1.82) is 0 Å². The molecular formula is C14H17FN2O. The predicted octanol–water partition coefficient (Wildman–Crippen LogP) is 2.94. The molecule has 3 nitrogen and oxygen atoms in total. The summed E-state index contributed by atoms with van der Waals surface area (Å²) >= 11 is 0. The molecule has 2 rings (SSSR count). The van der Waals surface area contributed by atoms with Crippen LogP contribution in [-0.4, -0.2) is 11.9 Å². The van der Waals surface area contributed by atoms with Crippen LogP contribution in [0.15, 0.2) is 34.9 Å². The molecule has 1 heterocycles. The fourth-order valence-electron chi connectivity index (χ4n) is 1.93. The van der Waals surface area contributed by atoms with E-state index in [1.807, 2.05) is 24.9 Å². The molecule has 0 aliphatic rings. The maximum atomic E-state index is 13.6. The Morgan fingerprint density at radius 3 is 2.67 bits per heavy atom. The Bertz CT molecular complexity index is 516. The molecule has 0 atom stereocenters. The Morgan fingerprint density at radius 2 is 2.06 bits per heavy atom. The highest BCUT2D eigenvalue weighted by Crippen LogP contribution is 2.19. The van der Waals surface area contributed by atoms with Gasteiger partial charge in [-0.2, -0.15) is 0 Å². The van der Waals surface area contributed by atoms with Crippen LogP contribution < -0.4 is 5.73 Å². The van der Waals surface area contributed by atoms with Crippen LogP contribution in [0.2, 0.25) is 0 Å². The molecule has 0 unspecified atom stereocenters. The molecule has 0 radical (unpaired) electrons. The van der Waals surface area contributed by atoms with Crippen molar-refractivity contribution in [2.24, 2.45) is 0 Å². The number of nitrogens with zero attached hydrogens (tertiary/aromatic N) is 1. The van der Waals surface area contributed by atoms with E-state index in [2.05, 4.69) is 0 Å². The Balaban J connectivity index is 2.08. The lowest BCUT2D eigenvalue weighted by Crippen LogP contribution is -2.19. The second-order valence-corrected chi connectivity index (χ2v) is 4.48. The average Bonchev–Trinajstić information content (AvgIpc) is 2.70. The first-order chi connectivity index (χ1) is 8.58. The lowest BCUT2D eigenvalue weighted by molar-refractivity contribution is 0.311. The van der Waals surface area contributed by atoms with Gasteiger partial charge in [-0.3, -0.25) is 4.90 Å². The van der Waals surface area contributed by atoms with E-state index in [4.69, 9.17) is 10.2 Å². The van der Waals surface area contributed by atoms with Crippen molar-refractivity contribution in [3.8, 4) is 0 Å². The lowest BCUT2D eigenvalue weighted by Gasteiger charge is -2.17. The third kappa shape index (κ3) is 2.71. The molecule has 0 fully saturated rings. The highest BCUT2D eigenvalue weighted by atomic mass is 19.1. The van der Waals surface area contributed by atoms with Crippen molar-refractivity contribution < 1.29 is 8.81 Å². The van der Waals surface area contributed by atoms with Crippen molar-refractivity contribution in [1.82, 2.24) is 4.90 Å². The van der Waals surface area contributed by atoms with Gasteiger partial charge in [0.25, 0.3) is 0 Å². The van der Waals surface area contributed by atoms with E-state index in [9.17, 15) is 4.39 Å². The molecule has 18 heavy (non-hydrogen) atoms. The van der Waals surface area contributed by atoms with Gasteiger partial charge in [0.05, 0.1) is 6.26 Å². The normalized spacial score (nSPS) is 11.1. The third-order valence-electron chi connectivity index (χ3n) is 2.99. The number of benzene rings is 1. The first kappa shape index (κ1) is 12.6. The summed E-state index contributed by atoms with van der Waals surface area (Å²) in [6, 6.07) is 6.70. The SMILES string of the molecule is Cc1occc1CN(C)Cc1c(N)cccc1F. The van der Waals surface area contributed by atoms with Gasteiger partial charge >= 0.3 is 0 Å². The van der Waals surface area contributed by atoms with Crippen LogP contribution in [0.1, 0.15) is 16.9 Å². The Hall–Kier alpha value is -1.81. The van der Waals surface area contributed by atoms with E-state index in [0.717, 1.165) is 11.3 Å². The third-order valence-corrected chi connectivity index (χ3v) is 2.99. The molecule has 1 aromatic heterocycles. The first-order valence-electron chi connectivity index (χ1n) is 5.82. The van der Waals surface area contributed by atoms with E-state index in [1.165, 1.54) is 6.07 Å². The van der Waals surface area contributed by atoms with E-state index < -0.39 is 0 Å².